The molecule has 2 heterocycles. The first-order chi connectivity index (χ1) is 9.60. The summed E-state index contributed by atoms with van der Waals surface area (Å²) >= 11 is 0. The fourth-order valence-electron chi connectivity index (χ4n) is 2.18. The Kier molecular flexibility index (Phi) is 2.90. The Hall–Kier alpha value is -2.41. The molecule has 1 aromatic carbocycles. The maximum absolute atomic E-state index is 9.44. The van der Waals surface area contributed by atoms with Gasteiger partial charge in [-0.2, -0.15) is 4.52 Å². The highest BCUT2D eigenvalue weighted by Gasteiger charge is 2.14. The van der Waals surface area contributed by atoms with Gasteiger partial charge < -0.3 is 15.6 Å². The van der Waals surface area contributed by atoms with Crippen LogP contribution in [0.15, 0.2) is 18.2 Å². The van der Waals surface area contributed by atoms with E-state index in [2.05, 4.69) is 15.1 Å². The van der Waals surface area contributed by atoms with E-state index in [0.29, 0.717) is 29.2 Å². The van der Waals surface area contributed by atoms with Crippen molar-refractivity contribution >= 4 is 22.5 Å². The summed E-state index contributed by atoms with van der Waals surface area (Å²) in [6, 6.07) is 5.57. The molecule has 2 aromatic heterocycles. The molecule has 0 spiro atoms. The number of hydrogen-bond acceptors (Lipinski definition) is 6. The van der Waals surface area contributed by atoms with E-state index in [-0.39, 0.29) is 5.95 Å². The average molecular weight is 273 g/mol. The molecule has 0 bridgehead atoms. The standard InChI is InChI=1S/C13H15N5O2/c1-7(19)6-10-15-12-8-4-3-5-9(20-2)11(8)16-13(14)18(12)17-10/h3-5,7,19H,6H2,1-2H3,(H2,14,16)/t7-/m0/s1. The molecule has 1 atom stereocenters. The zero-order valence-electron chi connectivity index (χ0n) is 11.2. The number of ether oxygens (including phenoxy) is 1. The van der Waals surface area contributed by atoms with Crippen molar-refractivity contribution < 1.29 is 9.84 Å². The van der Waals surface area contributed by atoms with E-state index in [0.717, 1.165) is 5.39 Å². The van der Waals surface area contributed by atoms with Crippen LogP contribution in [0.25, 0.3) is 16.6 Å². The molecule has 104 valence electrons. The van der Waals surface area contributed by atoms with E-state index < -0.39 is 6.10 Å². The SMILES string of the molecule is COc1cccc2c1nc(N)n1nc(C[C@H](C)O)nc21. The summed E-state index contributed by atoms with van der Waals surface area (Å²) in [4.78, 5) is 8.75. The second kappa shape index (κ2) is 4.61. The van der Waals surface area contributed by atoms with Gasteiger partial charge in [0, 0.05) is 11.8 Å². The first kappa shape index (κ1) is 12.6. The molecule has 0 unspecified atom stereocenters. The number of fused-ring (bicyclic) bond motifs is 3. The lowest BCUT2D eigenvalue weighted by atomic mass is 10.2. The normalized spacial score (nSPS) is 12.9. The number of aliphatic hydroxyl groups excluding tert-OH is 1. The number of rotatable bonds is 3. The van der Waals surface area contributed by atoms with E-state index in [1.165, 1.54) is 4.52 Å². The summed E-state index contributed by atoms with van der Waals surface area (Å²) in [6.07, 6.45) is -0.144. The molecule has 0 aliphatic heterocycles. The first-order valence-corrected chi connectivity index (χ1v) is 6.26. The van der Waals surface area contributed by atoms with Gasteiger partial charge in [-0.05, 0) is 19.1 Å². The number of anilines is 1. The Labute approximate surface area is 115 Å². The van der Waals surface area contributed by atoms with Gasteiger partial charge in [-0.15, -0.1) is 5.10 Å². The molecule has 7 heteroatoms. The minimum absolute atomic E-state index is 0.237. The lowest BCUT2D eigenvalue weighted by Gasteiger charge is -2.06. The molecule has 7 nitrogen and oxygen atoms in total. The number of methoxy groups -OCH3 is 1. The quantitative estimate of drug-likeness (QED) is 0.732. The van der Waals surface area contributed by atoms with Crippen LogP contribution in [0.4, 0.5) is 5.95 Å². The molecule has 0 radical (unpaired) electrons. The summed E-state index contributed by atoms with van der Waals surface area (Å²) in [6.45, 7) is 1.69. The second-order valence-electron chi connectivity index (χ2n) is 4.64. The molecule has 20 heavy (non-hydrogen) atoms. The van der Waals surface area contributed by atoms with Crippen molar-refractivity contribution in [3.8, 4) is 5.75 Å². The Morgan fingerprint density at radius 1 is 1.40 bits per heavy atom. The smallest absolute Gasteiger partial charge is 0.223 e. The number of para-hydroxylation sites is 1. The van der Waals surface area contributed by atoms with Crippen molar-refractivity contribution in [2.45, 2.75) is 19.4 Å². The van der Waals surface area contributed by atoms with Crippen LogP contribution in [-0.2, 0) is 6.42 Å². The maximum atomic E-state index is 9.44. The second-order valence-corrected chi connectivity index (χ2v) is 4.64. The van der Waals surface area contributed by atoms with Gasteiger partial charge in [-0.1, -0.05) is 6.07 Å². The van der Waals surface area contributed by atoms with Gasteiger partial charge in [0.25, 0.3) is 0 Å². The lowest BCUT2D eigenvalue weighted by molar-refractivity contribution is 0.193. The monoisotopic (exact) mass is 273 g/mol. The molecule has 3 rings (SSSR count). The third-order valence-electron chi connectivity index (χ3n) is 3.03. The summed E-state index contributed by atoms with van der Waals surface area (Å²) < 4.78 is 6.77. The number of nitrogens with zero attached hydrogens (tertiary/aromatic N) is 4. The maximum Gasteiger partial charge on any atom is 0.223 e. The van der Waals surface area contributed by atoms with E-state index in [4.69, 9.17) is 10.5 Å². The van der Waals surface area contributed by atoms with Crippen molar-refractivity contribution in [1.29, 1.82) is 0 Å². The van der Waals surface area contributed by atoms with Gasteiger partial charge in [0.15, 0.2) is 11.5 Å². The fourth-order valence-corrected chi connectivity index (χ4v) is 2.18. The molecule has 0 aliphatic rings. The van der Waals surface area contributed by atoms with Crippen LogP contribution in [0.3, 0.4) is 0 Å². The Morgan fingerprint density at radius 2 is 2.20 bits per heavy atom. The third kappa shape index (κ3) is 1.92. The van der Waals surface area contributed by atoms with Gasteiger partial charge in [-0.3, -0.25) is 0 Å². The molecule has 0 aliphatic carbocycles. The van der Waals surface area contributed by atoms with Crippen LogP contribution in [0.1, 0.15) is 12.7 Å². The lowest BCUT2D eigenvalue weighted by Crippen LogP contribution is -2.06. The summed E-state index contributed by atoms with van der Waals surface area (Å²) in [7, 11) is 1.58. The van der Waals surface area contributed by atoms with Crippen LogP contribution < -0.4 is 10.5 Å². The highest BCUT2D eigenvalue weighted by molar-refractivity contribution is 5.95. The molecule has 3 N–H and O–H groups in total. The van der Waals surface area contributed by atoms with E-state index >= 15 is 0 Å². The van der Waals surface area contributed by atoms with Crippen molar-refractivity contribution in [3.63, 3.8) is 0 Å². The Morgan fingerprint density at radius 3 is 2.90 bits per heavy atom. The number of nitrogen functional groups attached to an aromatic ring is 1. The topological polar surface area (TPSA) is 98.6 Å². The van der Waals surface area contributed by atoms with Crippen LogP contribution in [0.5, 0.6) is 5.75 Å². The molecule has 3 aromatic rings. The van der Waals surface area contributed by atoms with Gasteiger partial charge in [-0.25, -0.2) is 9.97 Å². The minimum atomic E-state index is -0.512. The fraction of sp³-hybridized carbons (Fsp3) is 0.308. The van der Waals surface area contributed by atoms with E-state index in [1.807, 2.05) is 18.2 Å². The Balaban J connectivity index is 2.32. The van der Waals surface area contributed by atoms with E-state index in [1.54, 1.807) is 14.0 Å². The highest BCUT2D eigenvalue weighted by Crippen LogP contribution is 2.27. The zero-order chi connectivity index (χ0) is 14.3. The van der Waals surface area contributed by atoms with Gasteiger partial charge in [0.1, 0.15) is 11.3 Å². The predicted octanol–water partition coefficient (Wildman–Crippen LogP) is 0.792. The number of benzene rings is 1. The van der Waals surface area contributed by atoms with Crippen LogP contribution in [0, 0.1) is 0 Å². The largest absolute Gasteiger partial charge is 0.494 e. The van der Waals surface area contributed by atoms with Gasteiger partial charge in [0.05, 0.1) is 13.2 Å². The van der Waals surface area contributed by atoms with Gasteiger partial charge >= 0.3 is 0 Å². The van der Waals surface area contributed by atoms with Crippen LogP contribution in [-0.4, -0.2) is 37.9 Å². The molecule has 0 fully saturated rings. The van der Waals surface area contributed by atoms with Crippen molar-refractivity contribution in [3.05, 3.63) is 24.0 Å². The molecular weight excluding hydrogens is 258 g/mol. The number of aliphatic hydroxyl groups is 1. The number of hydrogen-bond donors (Lipinski definition) is 2. The number of aromatic nitrogens is 4. The number of nitrogens with two attached hydrogens (primary N) is 1. The van der Waals surface area contributed by atoms with E-state index in [9.17, 15) is 5.11 Å². The predicted molar refractivity (Wildman–Crippen MR) is 74.6 cm³/mol. The third-order valence-corrected chi connectivity index (χ3v) is 3.03. The minimum Gasteiger partial charge on any atom is -0.494 e. The molecular formula is C13H15N5O2. The summed E-state index contributed by atoms with van der Waals surface area (Å²) in [5.41, 5.74) is 7.18. The van der Waals surface area contributed by atoms with Crippen molar-refractivity contribution in [2.75, 3.05) is 12.8 Å². The summed E-state index contributed by atoms with van der Waals surface area (Å²) in [5.74, 6) is 1.40. The Bertz CT molecular complexity index is 781. The molecule has 0 saturated carbocycles. The van der Waals surface area contributed by atoms with Crippen LogP contribution >= 0.6 is 0 Å². The van der Waals surface area contributed by atoms with Crippen molar-refractivity contribution in [2.24, 2.45) is 0 Å². The van der Waals surface area contributed by atoms with Crippen molar-refractivity contribution in [1.82, 2.24) is 19.6 Å². The first-order valence-electron chi connectivity index (χ1n) is 6.26. The van der Waals surface area contributed by atoms with Crippen LogP contribution in [0.2, 0.25) is 0 Å². The van der Waals surface area contributed by atoms with Gasteiger partial charge in [0.2, 0.25) is 5.95 Å². The highest BCUT2D eigenvalue weighted by atomic mass is 16.5. The zero-order valence-corrected chi connectivity index (χ0v) is 11.2. The summed E-state index contributed by atoms with van der Waals surface area (Å²) in [5, 5.41) is 14.5. The average Bonchev–Trinajstić information content (AvgIpc) is 2.82. The molecule has 0 saturated heterocycles. The molecule has 0 amide bonds.